The highest BCUT2D eigenvalue weighted by atomic mass is 19.3. The van der Waals surface area contributed by atoms with Gasteiger partial charge in [0.1, 0.15) is 11.4 Å². The molecule has 3 aromatic rings. The van der Waals surface area contributed by atoms with Gasteiger partial charge in [-0.2, -0.15) is 4.98 Å². The summed E-state index contributed by atoms with van der Waals surface area (Å²) in [7, 11) is 1.34. The van der Waals surface area contributed by atoms with Crippen molar-refractivity contribution >= 4 is 5.69 Å². The Bertz CT molecular complexity index is 1100. The molecule has 1 heterocycles. The molecule has 0 unspecified atom stereocenters. The highest BCUT2D eigenvalue weighted by Gasteiger charge is 2.29. The van der Waals surface area contributed by atoms with Gasteiger partial charge in [0.2, 0.25) is 5.82 Å². The average Bonchev–Trinajstić information content (AvgIpc) is 3.29. The van der Waals surface area contributed by atoms with Crippen LogP contribution in [-0.4, -0.2) is 17.3 Å². The molecule has 0 N–H and O–H groups in total. The molecule has 168 valence electrons. The van der Waals surface area contributed by atoms with E-state index in [1.807, 2.05) is 12.1 Å². The van der Waals surface area contributed by atoms with Crippen molar-refractivity contribution in [2.75, 3.05) is 7.11 Å². The number of methoxy groups -OCH3 is 1. The molecule has 8 heteroatoms. The van der Waals surface area contributed by atoms with Crippen LogP contribution >= 0.6 is 0 Å². The minimum Gasteiger partial charge on any atom is -0.496 e. The van der Waals surface area contributed by atoms with Gasteiger partial charge < -0.3 is 9.26 Å². The van der Waals surface area contributed by atoms with E-state index in [1.165, 1.54) is 51.3 Å². The number of nitroso groups, excluding NO2 is 1. The third kappa shape index (κ3) is 4.69. The summed E-state index contributed by atoms with van der Waals surface area (Å²) in [4.78, 5) is 15.8. The van der Waals surface area contributed by atoms with Crippen molar-refractivity contribution in [3.05, 3.63) is 52.4 Å². The van der Waals surface area contributed by atoms with Crippen LogP contribution in [0.25, 0.3) is 22.8 Å². The number of rotatable bonds is 7. The van der Waals surface area contributed by atoms with Gasteiger partial charge in [0, 0.05) is 18.1 Å². The number of halogens is 2. The van der Waals surface area contributed by atoms with Crippen molar-refractivity contribution in [2.45, 2.75) is 51.4 Å². The zero-order valence-corrected chi connectivity index (χ0v) is 18.1. The number of aromatic nitrogens is 2. The zero-order valence-electron chi connectivity index (χ0n) is 18.1. The molecule has 0 radical (unpaired) electrons. The fourth-order valence-corrected chi connectivity index (χ4v) is 4.30. The lowest BCUT2D eigenvalue weighted by Crippen LogP contribution is -2.09. The average molecular weight is 441 g/mol. The third-order valence-corrected chi connectivity index (χ3v) is 6.02. The summed E-state index contributed by atoms with van der Waals surface area (Å²) < 4.78 is 38.3. The van der Waals surface area contributed by atoms with Crippen LogP contribution in [0, 0.1) is 10.8 Å². The molecular weight excluding hydrogens is 416 g/mol. The molecule has 32 heavy (non-hydrogen) atoms. The lowest BCUT2D eigenvalue weighted by atomic mass is 9.84. The number of nitrogens with zero attached hydrogens (tertiary/aromatic N) is 3. The van der Waals surface area contributed by atoms with Crippen LogP contribution in [0.2, 0.25) is 0 Å². The highest BCUT2D eigenvalue weighted by molar-refractivity contribution is 5.65. The van der Waals surface area contributed by atoms with Gasteiger partial charge in [0.15, 0.2) is 0 Å². The van der Waals surface area contributed by atoms with Crippen molar-refractivity contribution in [2.24, 2.45) is 11.1 Å². The summed E-state index contributed by atoms with van der Waals surface area (Å²) in [5.41, 5.74) is 1.95. The fraction of sp³-hybridized carbons (Fsp3) is 0.417. The van der Waals surface area contributed by atoms with E-state index in [1.54, 1.807) is 12.1 Å². The predicted molar refractivity (Wildman–Crippen MR) is 117 cm³/mol. The van der Waals surface area contributed by atoms with Gasteiger partial charge >= 0.3 is 0 Å². The standard InChI is InChI=1S/C24H25F2N3O3/c1-24(25,26)19-13-17(10-11-21(19)31-2)22-27-23(32-29-22)18-9-8-16(20(14-18)28-30)12-15-6-4-3-5-7-15/h8-11,13-15H,3-7,12H2,1-2H3. The first-order chi connectivity index (χ1) is 15.4. The first-order valence-electron chi connectivity index (χ1n) is 10.8. The maximum Gasteiger partial charge on any atom is 0.274 e. The van der Waals surface area contributed by atoms with E-state index >= 15 is 0 Å². The van der Waals surface area contributed by atoms with Crippen molar-refractivity contribution in [1.29, 1.82) is 0 Å². The van der Waals surface area contributed by atoms with Gasteiger partial charge in [-0.25, -0.2) is 8.78 Å². The predicted octanol–water partition coefficient (Wildman–Crippen LogP) is 7.04. The second-order valence-electron chi connectivity index (χ2n) is 8.37. The number of alkyl halides is 2. The van der Waals surface area contributed by atoms with Gasteiger partial charge in [-0.1, -0.05) is 43.3 Å². The molecular formula is C24H25F2N3O3. The van der Waals surface area contributed by atoms with Gasteiger partial charge in [0.05, 0.1) is 12.7 Å². The Morgan fingerprint density at radius 2 is 1.88 bits per heavy atom. The number of hydrogen-bond donors (Lipinski definition) is 0. The Morgan fingerprint density at radius 3 is 2.56 bits per heavy atom. The Morgan fingerprint density at radius 1 is 1.12 bits per heavy atom. The van der Waals surface area contributed by atoms with Gasteiger partial charge in [-0.3, -0.25) is 0 Å². The molecule has 2 aromatic carbocycles. The van der Waals surface area contributed by atoms with Crippen LogP contribution < -0.4 is 4.74 Å². The SMILES string of the molecule is COc1ccc(-c2noc(-c3ccc(CC4CCCCC4)c(N=O)c3)n2)cc1C(C)(F)F. The molecule has 0 bridgehead atoms. The van der Waals surface area contributed by atoms with E-state index < -0.39 is 5.92 Å². The zero-order chi connectivity index (χ0) is 22.7. The highest BCUT2D eigenvalue weighted by Crippen LogP contribution is 2.37. The fourth-order valence-electron chi connectivity index (χ4n) is 4.30. The first-order valence-corrected chi connectivity index (χ1v) is 10.8. The monoisotopic (exact) mass is 441 g/mol. The molecule has 0 amide bonds. The Labute approximate surface area is 185 Å². The summed E-state index contributed by atoms with van der Waals surface area (Å²) in [6.07, 6.45) is 6.92. The Balaban J connectivity index is 1.60. The second-order valence-corrected chi connectivity index (χ2v) is 8.37. The molecule has 1 aromatic heterocycles. The van der Waals surface area contributed by atoms with Gasteiger partial charge in [-0.15, -0.1) is 4.91 Å². The molecule has 0 spiro atoms. The van der Waals surface area contributed by atoms with E-state index in [0.29, 0.717) is 22.7 Å². The molecule has 0 aliphatic heterocycles. The van der Waals surface area contributed by atoms with E-state index in [2.05, 4.69) is 15.3 Å². The molecule has 1 fully saturated rings. The van der Waals surface area contributed by atoms with Gasteiger partial charge in [-0.05, 0) is 53.4 Å². The van der Waals surface area contributed by atoms with E-state index in [0.717, 1.165) is 18.9 Å². The maximum atomic E-state index is 14.0. The summed E-state index contributed by atoms with van der Waals surface area (Å²) >= 11 is 0. The summed E-state index contributed by atoms with van der Waals surface area (Å²) in [6, 6.07) is 9.68. The van der Waals surface area contributed by atoms with Crippen molar-refractivity contribution in [1.82, 2.24) is 10.1 Å². The van der Waals surface area contributed by atoms with Crippen molar-refractivity contribution in [3.63, 3.8) is 0 Å². The molecule has 1 aliphatic carbocycles. The molecule has 6 nitrogen and oxygen atoms in total. The topological polar surface area (TPSA) is 77.6 Å². The lowest BCUT2D eigenvalue weighted by Gasteiger charge is -2.21. The number of benzene rings is 2. The summed E-state index contributed by atoms with van der Waals surface area (Å²) in [6.45, 7) is 0.805. The smallest absolute Gasteiger partial charge is 0.274 e. The van der Waals surface area contributed by atoms with Crippen LogP contribution in [0.3, 0.4) is 0 Å². The van der Waals surface area contributed by atoms with Crippen LogP contribution in [0.15, 0.2) is 46.1 Å². The minimum atomic E-state index is -3.09. The van der Waals surface area contributed by atoms with E-state index in [9.17, 15) is 13.7 Å². The molecule has 1 saturated carbocycles. The Hall–Kier alpha value is -3.16. The van der Waals surface area contributed by atoms with E-state index in [4.69, 9.17) is 9.26 Å². The summed E-state index contributed by atoms with van der Waals surface area (Å²) in [5.74, 6) is -2.08. The van der Waals surface area contributed by atoms with Crippen molar-refractivity contribution in [3.8, 4) is 28.6 Å². The minimum absolute atomic E-state index is 0.0835. The second kappa shape index (κ2) is 9.14. The maximum absolute atomic E-state index is 14.0. The number of hydrogen-bond acceptors (Lipinski definition) is 6. The lowest BCUT2D eigenvalue weighted by molar-refractivity contribution is 0.0151. The molecule has 0 atom stereocenters. The van der Waals surface area contributed by atoms with E-state index in [-0.39, 0.29) is 23.0 Å². The third-order valence-electron chi connectivity index (χ3n) is 6.02. The number of ether oxygens (including phenoxy) is 1. The van der Waals surface area contributed by atoms with Crippen LogP contribution in [0.1, 0.15) is 50.2 Å². The largest absolute Gasteiger partial charge is 0.496 e. The molecule has 0 saturated heterocycles. The van der Waals surface area contributed by atoms with Gasteiger partial charge in [0.25, 0.3) is 11.8 Å². The van der Waals surface area contributed by atoms with Crippen molar-refractivity contribution < 1.29 is 18.0 Å². The van der Waals surface area contributed by atoms with Crippen LogP contribution in [0.5, 0.6) is 5.75 Å². The van der Waals surface area contributed by atoms with Crippen LogP contribution in [0.4, 0.5) is 14.5 Å². The summed E-state index contributed by atoms with van der Waals surface area (Å²) in [5, 5.41) is 7.14. The Kier molecular flexibility index (Phi) is 6.30. The molecule has 1 aliphatic rings. The quantitative estimate of drug-likeness (QED) is 0.367. The normalized spacial score (nSPS) is 15.0. The van der Waals surface area contributed by atoms with Crippen LogP contribution in [-0.2, 0) is 12.3 Å². The first kappa shape index (κ1) is 22.0. The molecule has 4 rings (SSSR count).